The van der Waals surface area contributed by atoms with Gasteiger partial charge in [0, 0.05) is 36.8 Å². The molecule has 0 bridgehead atoms. The van der Waals surface area contributed by atoms with Crippen molar-refractivity contribution in [2.24, 2.45) is 0 Å². The molecule has 0 spiro atoms. The third-order valence-electron chi connectivity index (χ3n) is 7.92. The fraction of sp³-hybridized carbons (Fsp3) is 0.306. The Bertz CT molecular complexity index is 1740. The smallest absolute Gasteiger partial charge is 0.416 e. The number of ether oxygens (including phenoxy) is 2. The van der Waals surface area contributed by atoms with E-state index in [1.807, 2.05) is 0 Å². The molecule has 8 nitrogen and oxygen atoms in total. The van der Waals surface area contributed by atoms with E-state index in [9.17, 15) is 40.7 Å². The summed E-state index contributed by atoms with van der Waals surface area (Å²) in [4.78, 5) is 42.7. The second kappa shape index (κ2) is 15.7. The van der Waals surface area contributed by atoms with Crippen LogP contribution < -0.4 is 15.5 Å². The van der Waals surface area contributed by atoms with Crippen LogP contribution in [0, 0.1) is 0 Å². The summed E-state index contributed by atoms with van der Waals surface area (Å²) < 4.78 is 90.6. The lowest BCUT2D eigenvalue weighted by Crippen LogP contribution is -2.32. The summed E-state index contributed by atoms with van der Waals surface area (Å²) in [6.45, 7) is 0.491. The van der Waals surface area contributed by atoms with Gasteiger partial charge in [-0.25, -0.2) is 10.3 Å². The molecule has 3 aromatic rings. The number of halogens is 6. The largest absolute Gasteiger partial charge is 0.484 e. The van der Waals surface area contributed by atoms with E-state index < -0.39 is 47.4 Å². The van der Waals surface area contributed by atoms with Crippen LogP contribution in [0.1, 0.15) is 69.4 Å². The van der Waals surface area contributed by atoms with Crippen molar-refractivity contribution < 1.29 is 55.0 Å². The van der Waals surface area contributed by atoms with Gasteiger partial charge in [0.15, 0.2) is 18.7 Å². The molecular formula is C36H32F6N2O6. The number of Topliss-reactive ketones (excluding diaryl/α,β-unsaturated/α-hetero) is 1. The number of amides is 2. The maximum absolute atomic E-state index is 13.3. The Morgan fingerprint density at radius 1 is 0.880 bits per heavy atom. The second-order valence-corrected chi connectivity index (χ2v) is 11.7. The van der Waals surface area contributed by atoms with Gasteiger partial charge in [-0.1, -0.05) is 24.3 Å². The molecule has 1 atom stereocenters. The number of hydrogen-bond donors (Lipinski definition) is 2. The number of benzene rings is 3. The number of hydroxylamine groups is 1. The Balaban J connectivity index is 1.11. The van der Waals surface area contributed by atoms with Crippen molar-refractivity contribution >= 4 is 29.7 Å². The van der Waals surface area contributed by atoms with Gasteiger partial charge in [-0.05, 0) is 96.5 Å². The van der Waals surface area contributed by atoms with Crippen LogP contribution in [0.3, 0.4) is 0 Å². The average Bonchev–Trinajstić information content (AvgIpc) is 3.09. The van der Waals surface area contributed by atoms with Gasteiger partial charge < -0.3 is 14.8 Å². The highest BCUT2D eigenvalue weighted by molar-refractivity contribution is 6.13. The maximum atomic E-state index is 13.3. The molecule has 0 radical (unpaired) electrons. The highest BCUT2D eigenvalue weighted by Crippen LogP contribution is 2.37. The standard InChI is InChI=1S/C36H32F6N2O6/c37-35(38,39)27-16-24(17-28(19-27)36(40,41)42)15-26-10-9-25-18-29(11-12-30(25)34(26)47)49-21-32(46)43-20-23-6-4-22(5-7-23)8-13-31(45)44-50-33-3-1-2-14-48-33/h4-8,11-13,15-19,33H,1-3,9-10,14,20-21H2,(H,43,46)(H,44,45)/b13-8+,26-15?. The van der Waals surface area contributed by atoms with Crippen molar-refractivity contribution in [2.75, 3.05) is 13.2 Å². The average molecular weight is 703 g/mol. The predicted molar refractivity (Wildman–Crippen MR) is 169 cm³/mol. The van der Waals surface area contributed by atoms with Gasteiger partial charge in [-0.2, -0.15) is 26.3 Å². The molecule has 1 fully saturated rings. The quantitative estimate of drug-likeness (QED) is 0.132. The Labute approximate surface area is 283 Å². The Morgan fingerprint density at radius 2 is 1.60 bits per heavy atom. The van der Waals surface area contributed by atoms with E-state index in [0.29, 0.717) is 36.5 Å². The van der Waals surface area contributed by atoms with Gasteiger partial charge in [0.2, 0.25) is 0 Å². The third kappa shape index (κ3) is 10.0. The molecule has 264 valence electrons. The summed E-state index contributed by atoms with van der Waals surface area (Å²) in [6.07, 6.45) is -3.44. The van der Waals surface area contributed by atoms with Crippen LogP contribution in [0.25, 0.3) is 12.2 Å². The molecular weight excluding hydrogens is 670 g/mol. The van der Waals surface area contributed by atoms with Crippen LogP contribution in [-0.2, 0) is 44.5 Å². The number of allylic oxidation sites excluding steroid dienone is 1. The van der Waals surface area contributed by atoms with E-state index in [2.05, 4.69) is 10.8 Å². The van der Waals surface area contributed by atoms with Crippen LogP contribution in [0.2, 0.25) is 0 Å². The number of alkyl halides is 6. The molecule has 2 N–H and O–H groups in total. The number of ketones is 1. The number of hydrogen-bond acceptors (Lipinski definition) is 6. The van der Waals surface area contributed by atoms with Gasteiger partial charge in [-0.3, -0.25) is 14.4 Å². The summed E-state index contributed by atoms with van der Waals surface area (Å²) in [5, 5.41) is 2.73. The van der Waals surface area contributed by atoms with Crippen molar-refractivity contribution in [3.05, 3.63) is 111 Å². The minimum Gasteiger partial charge on any atom is -0.484 e. The first kappa shape index (κ1) is 36.3. The highest BCUT2D eigenvalue weighted by Gasteiger charge is 2.37. The summed E-state index contributed by atoms with van der Waals surface area (Å²) in [6, 6.07) is 12.8. The number of nitrogens with one attached hydrogen (secondary N) is 2. The van der Waals surface area contributed by atoms with Gasteiger partial charge in [0.25, 0.3) is 11.8 Å². The first-order valence-corrected chi connectivity index (χ1v) is 15.7. The highest BCUT2D eigenvalue weighted by atomic mass is 19.4. The third-order valence-corrected chi connectivity index (χ3v) is 7.92. The lowest BCUT2D eigenvalue weighted by molar-refractivity contribution is -0.198. The second-order valence-electron chi connectivity index (χ2n) is 11.7. The Kier molecular flexibility index (Phi) is 11.4. The molecule has 1 unspecified atom stereocenters. The van der Waals surface area contributed by atoms with Crippen molar-refractivity contribution in [1.82, 2.24) is 10.8 Å². The normalized spacial score (nSPS) is 17.4. The summed E-state index contributed by atoms with van der Waals surface area (Å²) in [5.41, 5.74) is 1.47. The monoisotopic (exact) mass is 702 g/mol. The van der Waals surface area contributed by atoms with E-state index >= 15 is 0 Å². The van der Waals surface area contributed by atoms with Crippen molar-refractivity contribution in [3.63, 3.8) is 0 Å². The molecule has 1 aliphatic carbocycles. The zero-order valence-corrected chi connectivity index (χ0v) is 26.5. The fourth-order valence-electron chi connectivity index (χ4n) is 5.33. The van der Waals surface area contributed by atoms with Crippen molar-refractivity contribution in [3.8, 4) is 5.75 Å². The molecule has 1 saturated heterocycles. The molecule has 3 aromatic carbocycles. The van der Waals surface area contributed by atoms with E-state index in [1.54, 1.807) is 36.4 Å². The fourth-order valence-corrected chi connectivity index (χ4v) is 5.33. The van der Waals surface area contributed by atoms with Crippen molar-refractivity contribution in [2.45, 2.75) is 57.3 Å². The zero-order chi connectivity index (χ0) is 35.9. The van der Waals surface area contributed by atoms with E-state index in [0.717, 1.165) is 30.0 Å². The number of aryl methyl sites for hydroxylation is 1. The van der Waals surface area contributed by atoms with E-state index in [1.165, 1.54) is 18.2 Å². The molecule has 50 heavy (non-hydrogen) atoms. The summed E-state index contributed by atoms with van der Waals surface area (Å²) >= 11 is 0. The lowest BCUT2D eigenvalue weighted by Gasteiger charge is -2.21. The summed E-state index contributed by atoms with van der Waals surface area (Å²) in [7, 11) is 0. The minimum atomic E-state index is -5.00. The number of fused-ring (bicyclic) bond motifs is 1. The number of carbonyl (C=O) groups is 3. The van der Waals surface area contributed by atoms with Gasteiger partial charge in [-0.15, -0.1) is 0 Å². The van der Waals surface area contributed by atoms with Crippen LogP contribution in [0.4, 0.5) is 26.3 Å². The van der Waals surface area contributed by atoms with E-state index in [4.69, 9.17) is 14.3 Å². The molecule has 1 aliphatic heterocycles. The minimum absolute atomic E-state index is 0.0361. The molecule has 5 rings (SSSR count). The molecule has 2 aliphatic rings. The van der Waals surface area contributed by atoms with Gasteiger partial charge in [0.1, 0.15) is 5.75 Å². The van der Waals surface area contributed by atoms with Crippen LogP contribution >= 0.6 is 0 Å². The van der Waals surface area contributed by atoms with E-state index in [-0.39, 0.29) is 48.8 Å². The molecule has 14 heteroatoms. The van der Waals surface area contributed by atoms with Gasteiger partial charge >= 0.3 is 12.4 Å². The zero-order valence-electron chi connectivity index (χ0n) is 26.5. The molecule has 0 aromatic heterocycles. The van der Waals surface area contributed by atoms with Crippen LogP contribution in [-0.4, -0.2) is 37.1 Å². The molecule has 1 heterocycles. The SMILES string of the molecule is O=C(/C=C/c1ccc(CNC(=O)COc2ccc3c(c2)CCC(=Cc2cc(C(F)(F)F)cc(C(F)(F)F)c2)C3=O)cc1)NOC1CCCCO1. The maximum Gasteiger partial charge on any atom is 0.416 e. The lowest BCUT2D eigenvalue weighted by atomic mass is 9.85. The van der Waals surface area contributed by atoms with Crippen LogP contribution in [0.15, 0.2) is 72.3 Å². The first-order valence-electron chi connectivity index (χ1n) is 15.7. The topological polar surface area (TPSA) is 103 Å². The first-order chi connectivity index (χ1) is 23.7. The predicted octanol–water partition coefficient (Wildman–Crippen LogP) is 7.22. The van der Waals surface area contributed by atoms with Crippen molar-refractivity contribution in [1.29, 1.82) is 0 Å². The summed E-state index contributed by atoms with van der Waals surface area (Å²) in [5.74, 6) is -1.05. The Hall–Kier alpha value is -4.95. The Morgan fingerprint density at radius 3 is 2.26 bits per heavy atom. The number of rotatable bonds is 10. The van der Waals surface area contributed by atoms with Gasteiger partial charge in [0.05, 0.1) is 11.1 Å². The molecule has 2 amide bonds. The van der Waals surface area contributed by atoms with Crippen LogP contribution in [0.5, 0.6) is 5.75 Å². The number of carbonyl (C=O) groups excluding carboxylic acids is 3. The molecule has 0 saturated carbocycles.